The zero-order valence-electron chi connectivity index (χ0n) is 9.82. The number of benzene rings is 1. The molecule has 1 aliphatic rings. The van der Waals surface area contributed by atoms with E-state index in [1.807, 2.05) is 30.3 Å². The van der Waals surface area contributed by atoms with Gasteiger partial charge in [0.1, 0.15) is 17.9 Å². The number of piperidine rings is 1. The number of nitrogens with two attached hydrogens (primary N) is 1. The lowest BCUT2D eigenvalue weighted by Crippen LogP contribution is -2.61. The van der Waals surface area contributed by atoms with E-state index in [9.17, 15) is 4.79 Å². The molecular formula is C13H18N2O2. The monoisotopic (exact) mass is 234 g/mol. The van der Waals surface area contributed by atoms with E-state index in [1.165, 1.54) is 0 Å². The molecule has 4 heteroatoms. The van der Waals surface area contributed by atoms with Crippen LogP contribution in [-0.4, -0.2) is 24.6 Å². The number of rotatable bonds is 4. The van der Waals surface area contributed by atoms with Crippen molar-refractivity contribution in [2.75, 3.05) is 13.2 Å². The normalized spacial score (nSPS) is 24.2. The zero-order chi connectivity index (χ0) is 12.1. The number of para-hydroxylation sites is 1. The Kier molecular flexibility index (Phi) is 3.64. The van der Waals surface area contributed by atoms with Gasteiger partial charge in [-0.25, -0.2) is 0 Å². The fourth-order valence-electron chi connectivity index (χ4n) is 2.10. The van der Waals surface area contributed by atoms with Gasteiger partial charge in [0.25, 0.3) is 0 Å². The molecule has 0 aliphatic carbocycles. The number of nitrogens with one attached hydrogen (secondary N) is 1. The van der Waals surface area contributed by atoms with Crippen LogP contribution in [-0.2, 0) is 4.79 Å². The van der Waals surface area contributed by atoms with Crippen LogP contribution in [0.25, 0.3) is 0 Å². The Labute approximate surface area is 101 Å². The summed E-state index contributed by atoms with van der Waals surface area (Å²) >= 11 is 0. The largest absolute Gasteiger partial charge is 0.491 e. The smallest absolute Gasteiger partial charge is 0.241 e. The lowest BCUT2D eigenvalue weighted by molar-refractivity contribution is -0.126. The molecule has 0 saturated carbocycles. The molecule has 17 heavy (non-hydrogen) atoms. The van der Waals surface area contributed by atoms with Crippen LogP contribution in [0.4, 0.5) is 0 Å². The van der Waals surface area contributed by atoms with E-state index >= 15 is 0 Å². The molecule has 1 aliphatic heterocycles. The van der Waals surface area contributed by atoms with Crippen molar-refractivity contribution in [3.05, 3.63) is 30.3 Å². The van der Waals surface area contributed by atoms with Gasteiger partial charge in [-0.05, 0) is 37.9 Å². The quantitative estimate of drug-likeness (QED) is 0.819. The first-order valence-corrected chi connectivity index (χ1v) is 5.96. The van der Waals surface area contributed by atoms with Crippen LogP contribution in [0.5, 0.6) is 5.75 Å². The van der Waals surface area contributed by atoms with Gasteiger partial charge in [0.15, 0.2) is 0 Å². The molecule has 0 spiro atoms. The van der Waals surface area contributed by atoms with E-state index in [1.54, 1.807) is 0 Å². The summed E-state index contributed by atoms with van der Waals surface area (Å²) in [6, 6.07) is 9.48. The third kappa shape index (κ3) is 2.77. The number of ether oxygens (including phenoxy) is 1. The van der Waals surface area contributed by atoms with Crippen molar-refractivity contribution < 1.29 is 9.53 Å². The number of hydrogen-bond donors (Lipinski definition) is 2. The SMILES string of the molecule is NC(=O)C1(COc2ccccc2)CCCCN1. The highest BCUT2D eigenvalue weighted by Crippen LogP contribution is 2.21. The number of hydrogen-bond acceptors (Lipinski definition) is 3. The number of primary amides is 1. The molecule has 2 rings (SSSR count). The van der Waals surface area contributed by atoms with Gasteiger partial charge in [0.05, 0.1) is 0 Å². The molecule has 1 heterocycles. The molecule has 1 atom stereocenters. The molecule has 1 unspecified atom stereocenters. The van der Waals surface area contributed by atoms with Crippen molar-refractivity contribution in [1.82, 2.24) is 5.32 Å². The molecule has 0 bridgehead atoms. The van der Waals surface area contributed by atoms with Gasteiger partial charge in [-0.1, -0.05) is 18.2 Å². The second kappa shape index (κ2) is 5.19. The highest BCUT2D eigenvalue weighted by Gasteiger charge is 2.38. The summed E-state index contributed by atoms with van der Waals surface area (Å²) < 4.78 is 5.65. The molecule has 1 fully saturated rings. The van der Waals surface area contributed by atoms with Crippen molar-refractivity contribution in [3.8, 4) is 5.75 Å². The van der Waals surface area contributed by atoms with E-state index in [0.29, 0.717) is 6.61 Å². The Morgan fingerprint density at radius 2 is 2.12 bits per heavy atom. The second-order valence-corrected chi connectivity index (χ2v) is 4.43. The minimum absolute atomic E-state index is 0.298. The molecule has 92 valence electrons. The molecule has 1 amide bonds. The molecule has 0 aromatic heterocycles. The highest BCUT2D eigenvalue weighted by molar-refractivity contribution is 5.85. The number of carbonyl (C=O) groups is 1. The number of amides is 1. The molecule has 0 radical (unpaired) electrons. The Bertz CT molecular complexity index is 372. The lowest BCUT2D eigenvalue weighted by Gasteiger charge is -2.35. The van der Waals surface area contributed by atoms with Gasteiger partial charge in [-0.15, -0.1) is 0 Å². The van der Waals surface area contributed by atoms with Gasteiger partial charge in [-0.2, -0.15) is 0 Å². The Hall–Kier alpha value is -1.55. The maximum absolute atomic E-state index is 11.6. The minimum Gasteiger partial charge on any atom is -0.491 e. The number of carbonyl (C=O) groups excluding carboxylic acids is 1. The second-order valence-electron chi connectivity index (χ2n) is 4.43. The van der Waals surface area contributed by atoms with Crippen molar-refractivity contribution in [3.63, 3.8) is 0 Å². The van der Waals surface area contributed by atoms with Crippen molar-refractivity contribution >= 4 is 5.91 Å². The maximum Gasteiger partial charge on any atom is 0.241 e. The highest BCUT2D eigenvalue weighted by atomic mass is 16.5. The van der Waals surface area contributed by atoms with E-state index < -0.39 is 5.54 Å². The first-order chi connectivity index (χ1) is 8.23. The fourth-order valence-corrected chi connectivity index (χ4v) is 2.10. The van der Waals surface area contributed by atoms with Crippen LogP contribution < -0.4 is 15.8 Å². The molecule has 4 nitrogen and oxygen atoms in total. The van der Waals surface area contributed by atoms with Crippen LogP contribution in [0.1, 0.15) is 19.3 Å². The van der Waals surface area contributed by atoms with E-state index in [4.69, 9.17) is 10.5 Å². The molecule has 1 saturated heterocycles. The average molecular weight is 234 g/mol. The Balaban J connectivity index is 2.01. The third-order valence-corrected chi connectivity index (χ3v) is 3.19. The Morgan fingerprint density at radius 1 is 1.35 bits per heavy atom. The first-order valence-electron chi connectivity index (χ1n) is 5.96. The van der Waals surface area contributed by atoms with Gasteiger partial charge in [0, 0.05) is 0 Å². The summed E-state index contributed by atoms with van der Waals surface area (Å²) in [7, 11) is 0. The maximum atomic E-state index is 11.6. The van der Waals surface area contributed by atoms with Crippen LogP contribution in [0.2, 0.25) is 0 Å². The minimum atomic E-state index is -0.700. The van der Waals surface area contributed by atoms with Crippen molar-refractivity contribution in [2.24, 2.45) is 5.73 Å². The van der Waals surface area contributed by atoms with Crippen LogP contribution in [0.15, 0.2) is 30.3 Å². The van der Waals surface area contributed by atoms with Crippen LogP contribution in [0, 0.1) is 0 Å². The van der Waals surface area contributed by atoms with Gasteiger partial charge in [0.2, 0.25) is 5.91 Å². The summed E-state index contributed by atoms with van der Waals surface area (Å²) in [5, 5.41) is 3.20. The van der Waals surface area contributed by atoms with E-state index in [2.05, 4.69) is 5.32 Å². The van der Waals surface area contributed by atoms with Crippen molar-refractivity contribution in [1.29, 1.82) is 0 Å². The summed E-state index contributed by atoms with van der Waals surface area (Å²) in [5.74, 6) is 0.439. The lowest BCUT2D eigenvalue weighted by atomic mass is 9.89. The predicted molar refractivity (Wildman–Crippen MR) is 65.7 cm³/mol. The molecule has 1 aromatic rings. The van der Waals surface area contributed by atoms with Gasteiger partial charge >= 0.3 is 0 Å². The van der Waals surface area contributed by atoms with Crippen LogP contribution in [0.3, 0.4) is 0 Å². The first kappa shape index (κ1) is 11.9. The molecular weight excluding hydrogens is 216 g/mol. The summed E-state index contributed by atoms with van der Waals surface area (Å²) in [6.07, 6.45) is 2.84. The molecule has 3 N–H and O–H groups in total. The third-order valence-electron chi connectivity index (χ3n) is 3.19. The summed E-state index contributed by atoms with van der Waals surface area (Å²) in [4.78, 5) is 11.6. The van der Waals surface area contributed by atoms with E-state index in [0.717, 1.165) is 31.6 Å². The zero-order valence-corrected chi connectivity index (χ0v) is 9.82. The fraction of sp³-hybridized carbons (Fsp3) is 0.462. The van der Waals surface area contributed by atoms with Gasteiger partial charge < -0.3 is 15.8 Å². The standard InChI is InChI=1S/C13H18N2O2/c14-12(16)13(8-4-5-9-15-13)10-17-11-6-2-1-3-7-11/h1-3,6-7,15H,4-5,8-10H2,(H2,14,16). The van der Waals surface area contributed by atoms with Crippen molar-refractivity contribution in [2.45, 2.75) is 24.8 Å². The Morgan fingerprint density at radius 3 is 2.71 bits per heavy atom. The van der Waals surface area contributed by atoms with Crippen LogP contribution >= 0.6 is 0 Å². The topological polar surface area (TPSA) is 64.4 Å². The summed E-state index contributed by atoms with van der Waals surface area (Å²) in [6.45, 7) is 1.12. The predicted octanol–water partition coefficient (Wildman–Crippen LogP) is 1.06. The molecule has 1 aromatic carbocycles. The van der Waals surface area contributed by atoms with Gasteiger partial charge in [-0.3, -0.25) is 4.79 Å². The van der Waals surface area contributed by atoms with E-state index in [-0.39, 0.29) is 5.91 Å². The summed E-state index contributed by atoms with van der Waals surface area (Å²) in [5.41, 5.74) is 4.78. The average Bonchev–Trinajstić information content (AvgIpc) is 2.38.